The molecule has 0 aromatic heterocycles. The highest BCUT2D eigenvalue weighted by Gasteiger charge is 2.43. The molecule has 9 heavy (non-hydrogen) atoms. The van der Waals surface area contributed by atoms with Crippen LogP contribution in [0.2, 0.25) is 0 Å². The summed E-state index contributed by atoms with van der Waals surface area (Å²) in [6, 6.07) is 0. The van der Waals surface area contributed by atoms with Crippen LogP contribution in [-0.4, -0.2) is 5.54 Å². The molecule has 2 aliphatic carbocycles. The molecule has 0 aliphatic heterocycles. The van der Waals surface area contributed by atoms with Gasteiger partial charge in [-0.05, 0) is 31.6 Å². The first-order valence-electron chi connectivity index (χ1n) is 3.95. The summed E-state index contributed by atoms with van der Waals surface area (Å²) < 4.78 is 0. The summed E-state index contributed by atoms with van der Waals surface area (Å²) in [4.78, 5) is 0. The summed E-state index contributed by atoms with van der Waals surface area (Å²) in [6.07, 6.45) is 7.91. The van der Waals surface area contributed by atoms with Crippen molar-refractivity contribution < 1.29 is 0 Å². The van der Waals surface area contributed by atoms with Gasteiger partial charge in [0.25, 0.3) is 0 Å². The predicted octanol–water partition coefficient (Wildman–Crippen LogP) is 1.63. The zero-order valence-electron chi connectivity index (χ0n) is 5.82. The fourth-order valence-electron chi connectivity index (χ4n) is 1.92. The fourth-order valence-corrected chi connectivity index (χ4v) is 1.92. The van der Waals surface area contributed by atoms with Crippen molar-refractivity contribution in [2.24, 2.45) is 5.73 Å². The Labute approximate surface area is 56.6 Å². The first-order chi connectivity index (χ1) is 4.31. The summed E-state index contributed by atoms with van der Waals surface area (Å²) in [6.45, 7) is 0. The highest BCUT2D eigenvalue weighted by atomic mass is 14.8. The Hall–Kier alpha value is -0.0400. The average Bonchev–Trinajstić information content (AvgIpc) is 2.60. The summed E-state index contributed by atoms with van der Waals surface area (Å²) >= 11 is 0. The third kappa shape index (κ3) is 0.877. The van der Waals surface area contributed by atoms with Crippen molar-refractivity contribution in [1.82, 2.24) is 0 Å². The van der Waals surface area contributed by atoms with Crippen LogP contribution in [0.25, 0.3) is 0 Å². The van der Waals surface area contributed by atoms with Crippen molar-refractivity contribution in [3.63, 3.8) is 0 Å². The largest absolute Gasteiger partial charge is 0.325 e. The lowest BCUT2D eigenvalue weighted by Crippen LogP contribution is -2.37. The molecule has 0 heterocycles. The van der Waals surface area contributed by atoms with Crippen LogP contribution in [-0.2, 0) is 0 Å². The minimum absolute atomic E-state index is 0.222. The number of hydrogen-bond acceptors (Lipinski definition) is 1. The Morgan fingerprint density at radius 2 is 1.67 bits per heavy atom. The minimum Gasteiger partial charge on any atom is -0.325 e. The van der Waals surface area contributed by atoms with Gasteiger partial charge < -0.3 is 5.73 Å². The third-order valence-corrected chi connectivity index (χ3v) is 2.70. The van der Waals surface area contributed by atoms with Gasteiger partial charge in [-0.15, -0.1) is 0 Å². The van der Waals surface area contributed by atoms with E-state index in [0.717, 1.165) is 0 Å². The van der Waals surface area contributed by atoms with Gasteiger partial charge >= 0.3 is 0 Å². The fraction of sp³-hybridized carbons (Fsp3) is 0.875. The maximum atomic E-state index is 6.13. The summed E-state index contributed by atoms with van der Waals surface area (Å²) in [5, 5.41) is 0. The van der Waals surface area contributed by atoms with Crippen molar-refractivity contribution in [2.45, 2.75) is 44.1 Å². The van der Waals surface area contributed by atoms with Gasteiger partial charge in [0.2, 0.25) is 0 Å². The summed E-state index contributed by atoms with van der Waals surface area (Å²) in [7, 11) is 0. The van der Waals surface area contributed by atoms with Crippen LogP contribution in [0.4, 0.5) is 0 Å². The topological polar surface area (TPSA) is 26.0 Å². The molecule has 1 heteroatoms. The smallest absolute Gasteiger partial charge is 0.0217 e. The van der Waals surface area contributed by atoms with Crippen LogP contribution in [0.3, 0.4) is 0 Å². The summed E-state index contributed by atoms with van der Waals surface area (Å²) in [5.74, 6) is 1.65. The van der Waals surface area contributed by atoms with Gasteiger partial charge in [0.1, 0.15) is 0 Å². The van der Waals surface area contributed by atoms with E-state index in [1.165, 1.54) is 38.5 Å². The van der Waals surface area contributed by atoms with Crippen molar-refractivity contribution in [3.05, 3.63) is 5.92 Å². The molecule has 0 saturated heterocycles. The van der Waals surface area contributed by atoms with E-state index < -0.39 is 0 Å². The van der Waals surface area contributed by atoms with E-state index in [0.29, 0.717) is 0 Å². The van der Waals surface area contributed by atoms with Crippen molar-refractivity contribution in [1.29, 1.82) is 0 Å². The molecule has 2 saturated carbocycles. The van der Waals surface area contributed by atoms with Crippen LogP contribution in [0.1, 0.15) is 38.5 Å². The lowest BCUT2D eigenvalue weighted by Gasteiger charge is -2.21. The molecule has 2 fully saturated rings. The molecule has 1 radical (unpaired) electrons. The lowest BCUT2D eigenvalue weighted by molar-refractivity contribution is 0.495. The maximum Gasteiger partial charge on any atom is 0.0217 e. The van der Waals surface area contributed by atoms with Crippen molar-refractivity contribution >= 4 is 0 Å². The van der Waals surface area contributed by atoms with E-state index in [9.17, 15) is 0 Å². The van der Waals surface area contributed by atoms with Gasteiger partial charge in [-0.2, -0.15) is 0 Å². The standard InChI is InChI=1S/C8H14N/c9-8(7-3-4-7)5-1-2-6-8/h1-6,9H2. The second-order valence-electron chi connectivity index (χ2n) is 3.47. The normalized spacial score (nSPS) is 33.0. The molecule has 2 aliphatic rings. The Morgan fingerprint density at radius 1 is 1.11 bits per heavy atom. The van der Waals surface area contributed by atoms with Gasteiger partial charge in [-0.1, -0.05) is 12.8 Å². The number of rotatable bonds is 1. The Morgan fingerprint density at radius 3 is 2.11 bits per heavy atom. The molecular weight excluding hydrogens is 110 g/mol. The molecule has 0 aromatic rings. The van der Waals surface area contributed by atoms with E-state index in [2.05, 4.69) is 0 Å². The van der Waals surface area contributed by atoms with Crippen LogP contribution < -0.4 is 5.73 Å². The molecule has 0 atom stereocenters. The van der Waals surface area contributed by atoms with Crippen molar-refractivity contribution in [3.8, 4) is 0 Å². The molecule has 2 rings (SSSR count). The van der Waals surface area contributed by atoms with Gasteiger partial charge in [0, 0.05) is 5.54 Å². The monoisotopic (exact) mass is 124 g/mol. The average molecular weight is 124 g/mol. The van der Waals surface area contributed by atoms with E-state index in [1.807, 2.05) is 0 Å². The molecule has 0 bridgehead atoms. The van der Waals surface area contributed by atoms with E-state index in [-0.39, 0.29) is 5.54 Å². The first-order valence-corrected chi connectivity index (χ1v) is 3.95. The van der Waals surface area contributed by atoms with Crippen LogP contribution in [0.15, 0.2) is 0 Å². The molecule has 0 spiro atoms. The number of nitrogens with two attached hydrogens (primary N) is 1. The molecular formula is C8H14N. The van der Waals surface area contributed by atoms with E-state index in [1.54, 1.807) is 5.92 Å². The van der Waals surface area contributed by atoms with Gasteiger partial charge in [0.05, 0.1) is 0 Å². The van der Waals surface area contributed by atoms with E-state index in [4.69, 9.17) is 5.73 Å². The quantitative estimate of drug-likeness (QED) is 0.565. The Bertz CT molecular complexity index is 110. The maximum absolute atomic E-state index is 6.13. The van der Waals surface area contributed by atoms with Gasteiger partial charge in [0.15, 0.2) is 0 Å². The zero-order valence-corrected chi connectivity index (χ0v) is 5.82. The molecule has 2 N–H and O–H groups in total. The molecule has 0 unspecified atom stereocenters. The molecule has 0 aromatic carbocycles. The molecule has 1 nitrogen and oxygen atoms in total. The first kappa shape index (κ1) is 5.72. The Balaban J connectivity index is 2.02. The predicted molar refractivity (Wildman–Crippen MR) is 37.9 cm³/mol. The van der Waals surface area contributed by atoms with Crippen molar-refractivity contribution in [2.75, 3.05) is 0 Å². The third-order valence-electron chi connectivity index (χ3n) is 2.70. The summed E-state index contributed by atoms with van der Waals surface area (Å²) in [5.41, 5.74) is 6.35. The lowest BCUT2D eigenvalue weighted by atomic mass is 9.93. The van der Waals surface area contributed by atoms with Gasteiger partial charge in [-0.3, -0.25) is 0 Å². The van der Waals surface area contributed by atoms with Gasteiger partial charge in [-0.25, -0.2) is 0 Å². The van der Waals surface area contributed by atoms with Crippen LogP contribution in [0, 0.1) is 5.92 Å². The second kappa shape index (κ2) is 1.72. The van der Waals surface area contributed by atoms with Crippen LogP contribution in [0.5, 0.6) is 0 Å². The highest BCUT2D eigenvalue weighted by molar-refractivity contribution is 5.23. The van der Waals surface area contributed by atoms with Crippen LogP contribution >= 0.6 is 0 Å². The SMILES string of the molecule is NC1([C]2CC2)CCCC1. The zero-order chi connectivity index (χ0) is 6.32. The second-order valence-corrected chi connectivity index (χ2v) is 3.47. The highest BCUT2D eigenvalue weighted by Crippen LogP contribution is 2.48. The minimum atomic E-state index is 0.222. The molecule has 0 amide bonds. The van der Waals surface area contributed by atoms with E-state index >= 15 is 0 Å². The molecule has 51 valence electrons. The Kier molecular flexibility index (Phi) is 1.10. The number of hydrogen-bond donors (Lipinski definition) is 1.